The zero-order valence-corrected chi connectivity index (χ0v) is 15.7. The van der Waals surface area contributed by atoms with E-state index in [1.807, 2.05) is 12.1 Å². The number of morpholine rings is 1. The largest absolute Gasteiger partial charge is 0.508 e. The van der Waals surface area contributed by atoms with Gasteiger partial charge in [0.1, 0.15) is 5.75 Å². The van der Waals surface area contributed by atoms with Crippen molar-refractivity contribution in [3.63, 3.8) is 0 Å². The lowest BCUT2D eigenvalue weighted by Crippen LogP contribution is -2.50. The van der Waals surface area contributed by atoms with Crippen LogP contribution in [0.15, 0.2) is 48.5 Å². The Morgan fingerprint density at radius 3 is 2.77 bits per heavy atom. The average molecular weight is 351 g/mol. The van der Waals surface area contributed by atoms with Crippen LogP contribution < -0.4 is 5.32 Å². The summed E-state index contributed by atoms with van der Waals surface area (Å²) in [7, 11) is 0. The number of nitrogens with one attached hydrogen (secondary N) is 1. The molecule has 1 fully saturated rings. The van der Waals surface area contributed by atoms with Crippen molar-refractivity contribution in [2.45, 2.75) is 57.3 Å². The number of fused-ring (bicyclic) bond motifs is 3. The van der Waals surface area contributed by atoms with Crippen LogP contribution in [0.1, 0.15) is 55.4 Å². The van der Waals surface area contributed by atoms with E-state index < -0.39 is 0 Å². The van der Waals surface area contributed by atoms with E-state index in [1.165, 1.54) is 16.7 Å². The van der Waals surface area contributed by atoms with Crippen LogP contribution in [0.2, 0.25) is 0 Å². The first-order valence-electron chi connectivity index (χ1n) is 9.87. The molecule has 1 saturated heterocycles. The number of ether oxygens (including phenoxy) is 1. The summed E-state index contributed by atoms with van der Waals surface area (Å²) >= 11 is 0. The molecule has 1 heterocycles. The molecule has 2 N–H and O–H groups in total. The highest BCUT2D eigenvalue weighted by Crippen LogP contribution is 2.39. The summed E-state index contributed by atoms with van der Waals surface area (Å²) in [4.78, 5) is 0. The van der Waals surface area contributed by atoms with Gasteiger partial charge in [0.2, 0.25) is 0 Å². The maximum Gasteiger partial charge on any atom is 0.115 e. The van der Waals surface area contributed by atoms with Gasteiger partial charge in [0.25, 0.3) is 0 Å². The Balaban J connectivity index is 1.45. The molecule has 1 aliphatic heterocycles. The molecule has 0 radical (unpaired) electrons. The standard InChI is InChI=1S/C23H29NO2/c1-15(16(2)17-6-4-3-5-7-17)12-20-14-24-22-11-9-18-8-10-19(25)13-21(18)23(22)26-20/h3-8,10,13,15-16,20,22-25H,9,11-12,14H2,1-2H3. The Morgan fingerprint density at radius 2 is 1.96 bits per heavy atom. The van der Waals surface area contributed by atoms with Gasteiger partial charge in [-0.1, -0.05) is 50.2 Å². The molecule has 0 spiro atoms. The van der Waals surface area contributed by atoms with Gasteiger partial charge in [-0.3, -0.25) is 0 Å². The van der Waals surface area contributed by atoms with Crippen LogP contribution in [0.4, 0.5) is 0 Å². The molecule has 4 rings (SSSR count). The number of rotatable bonds is 4. The summed E-state index contributed by atoms with van der Waals surface area (Å²) in [5, 5.41) is 13.6. The molecule has 2 aliphatic rings. The maximum absolute atomic E-state index is 9.91. The SMILES string of the molecule is CC(CC1CNC2CCc3ccc(O)cc3C2O1)C(C)c1ccccc1. The normalized spacial score (nSPS) is 27.2. The minimum absolute atomic E-state index is 0.0591. The van der Waals surface area contributed by atoms with E-state index in [1.54, 1.807) is 6.07 Å². The number of aryl methyl sites for hydroxylation is 1. The molecule has 2 aromatic rings. The smallest absolute Gasteiger partial charge is 0.115 e. The summed E-state index contributed by atoms with van der Waals surface area (Å²) in [5.41, 5.74) is 3.88. The molecule has 0 bridgehead atoms. The van der Waals surface area contributed by atoms with Crippen LogP contribution in [0, 0.1) is 5.92 Å². The van der Waals surface area contributed by atoms with Crippen LogP contribution in [0.25, 0.3) is 0 Å². The minimum atomic E-state index is 0.0591. The van der Waals surface area contributed by atoms with Gasteiger partial charge in [0, 0.05) is 12.6 Å². The van der Waals surface area contributed by atoms with Crippen molar-refractivity contribution >= 4 is 0 Å². The highest BCUT2D eigenvalue weighted by molar-refractivity contribution is 5.39. The van der Waals surface area contributed by atoms with Gasteiger partial charge < -0.3 is 15.2 Å². The number of benzene rings is 2. The van der Waals surface area contributed by atoms with Crippen molar-refractivity contribution in [1.29, 1.82) is 0 Å². The van der Waals surface area contributed by atoms with E-state index in [0.29, 0.717) is 23.6 Å². The molecule has 138 valence electrons. The van der Waals surface area contributed by atoms with Crippen molar-refractivity contribution in [1.82, 2.24) is 5.32 Å². The molecular formula is C23H29NO2. The lowest BCUT2D eigenvalue weighted by atomic mass is 9.82. The molecule has 2 aromatic carbocycles. The molecule has 0 aromatic heterocycles. The van der Waals surface area contributed by atoms with Crippen molar-refractivity contribution in [3.8, 4) is 5.75 Å². The molecule has 5 unspecified atom stereocenters. The maximum atomic E-state index is 9.91. The summed E-state index contributed by atoms with van der Waals surface area (Å²) in [5.74, 6) is 1.40. The Morgan fingerprint density at radius 1 is 1.15 bits per heavy atom. The number of phenols is 1. The molecular weight excluding hydrogens is 322 g/mol. The monoisotopic (exact) mass is 351 g/mol. The van der Waals surface area contributed by atoms with Crippen molar-refractivity contribution in [2.24, 2.45) is 5.92 Å². The van der Waals surface area contributed by atoms with Crippen LogP contribution >= 0.6 is 0 Å². The topological polar surface area (TPSA) is 41.5 Å². The minimum Gasteiger partial charge on any atom is -0.508 e. The van der Waals surface area contributed by atoms with Gasteiger partial charge in [-0.05, 0) is 59.9 Å². The number of phenolic OH excluding ortho intramolecular Hbond substituents is 1. The molecule has 5 atom stereocenters. The zero-order valence-electron chi connectivity index (χ0n) is 15.7. The second kappa shape index (κ2) is 7.42. The van der Waals surface area contributed by atoms with Gasteiger partial charge in [0.15, 0.2) is 0 Å². The predicted octanol–water partition coefficient (Wildman–Crippen LogP) is 4.57. The van der Waals surface area contributed by atoms with Crippen molar-refractivity contribution in [2.75, 3.05) is 6.54 Å². The Kier molecular flexibility index (Phi) is 5.01. The molecule has 1 aliphatic carbocycles. The predicted molar refractivity (Wildman–Crippen MR) is 104 cm³/mol. The lowest BCUT2D eigenvalue weighted by Gasteiger charge is -2.42. The van der Waals surface area contributed by atoms with Gasteiger partial charge in [-0.2, -0.15) is 0 Å². The molecule has 26 heavy (non-hydrogen) atoms. The lowest BCUT2D eigenvalue weighted by molar-refractivity contribution is -0.0792. The summed E-state index contributed by atoms with van der Waals surface area (Å²) < 4.78 is 6.55. The Bertz CT molecular complexity index is 745. The third-order valence-electron chi connectivity index (χ3n) is 6.29. The van der Waals surface area contributed by atoms with E-state index in [4.69, 9.17) is 4.74 Å². The summed E-state index contributed by atoms with van der Waals surface area (Å²) in [6, 6.07) is 16.8. The molecule has 3 heteroatoms. The number of hydrogen-bond donors (Lipinski definition) is 2. The second-order valence-electron chi connectivity index (χ2n) is 8.03. The van der Waals surface area contributed by atoms with E-state index in [9.17, 15) is 5.11 Å². The van der Waals surface area contributed by atoms with Crippen LogP contribution in [-0.4, -0.2) is 23.8 Å². The van der Waals surface area contributed by atoms with Gasteiger partial charge >= 0.3 is 0 Å². The highest BCUT2D eigenvalue weighted by Gasteiger charge is 2.36. The van der Waals surface area contributed by atoms with Crippen LogP contribution in [0.5, 0.6) is 5.75 Å². The van der Waals surface area contributed by atoms with Crippen LogP contribution in [-0.2, 0) is 11.2 Å². The van der Waals surface area contributed by atoms with Crippen molar-refractivity contribution in [3.05, 3.63) is 65.2 Å². The van der Waals surface area contributed by atoms with E-state index in [-0.39, 0.29) is 12.2 Å². The second-order valence-corrected chi connectivity index (χ2v) is 8.03. The number of aromatic hydroxyl groups is 1. The van der Waals surface area contributed by atoms with Crippen molar-refractivity contribution < 1.29 is 9.84 Å². The quantitative estimate of drug-likeness (QED) is 0.848. The highest BCUT2D eigenvalue weighted by atomic mass is 16.5. The Hall–Kier alpha value is -1.84. The van der Waals surface area contributed by atoms with E-state index >= 15 is 0 Å². The van der Waals surface area contributed by atoms with Gasteiger partial charge in [-0.25, -0.2) is 0 Å². The first-order valence-corrected chi connectivity index (χ1v) is 9.87. The summed E-state index contributed by atoms with van der Waals surface area (Å²) in [6.07, 6.45) is 3.47. The Labute approximate surface area is 156 Å². The zero-order chi connectivity index (χ0) is 18.1. The van der Waals surface area contributed by atoms with Crippen LogP contribution in [0.3, 0.4) is 0 Å². The fraction of sp³-hybridized carbons (Fsp3) is 0.478. The number of hydrogen-bond acceptors (Lipinski definition) is 3. The van der Waals surface area contributed by atoms with Gasteiger partial charge in [-0.15, -0.1) is 0 Å². The summed E-state index contributed by atoms with van der Waals surface area (Å²) in [6.45, 7) is 5.56. The molecule has 0 amide bonds. The third-order valence-corrected chi connectivity index (χ3v) is 6.29. The van der Waals surface area contributed by atoms with Gasteiger partial charge in [0.05, 0.1) is 12.2 Å². The first kappa shape index (κ1) is 17.6. The van der Waals surface area contributed by atoms with E-state index in [0.717, 1.165) is 25.8 Å². The molecule has 3 nitrogen and oxygen atoms in total. The fourth-order valence-corrected chi connectivity index (χ4v) is 4.51. The average Bonchev–Trinajstić information content (AvgIpc) is 2.68. The third kappa shape index (κ3) is 3.51. The van der Waals surface area contributed by atoms with E-state index in [2.05, 4.69) is 49.5 Å². The molecule has 0 saturated carbocycles. The first-order chi connectivity index (χ1) is 12.6. The fourth-order valence-electron chi connectivity index (χ4n) is 4.51.